The van der Waals surface area contributed by atoms with Gasteiger partial charge in [0.05, 0.1) is 11.7 Å². The first-order valence-electron chi connectivity index (χ1n) is 8.06. The van der Waals surface area contributed by atoms with Gasteiger partial charge in [0.2, 0.25) is 5.91 Å². The van der Waals surface area contributed by atoms with Crippen LogP contribution in [0.5, 0.6) is 0 Å². The predicted octanol–water partition coefficient (Wildman–Crippen LogP) is 3.03. The summed E-state index contributed by atoms with van der Waals surface area (Å²) in [6.07, 6.45) is 2.99. The average molecular weight is 376 g/mol. The highest BCUT2D eigenvalue weighted by Crippen LogP contribution is 2.20. The van der Waals surface area contributed by atoms with Crippen molar-refractivity contribution in [3.63, 3.8) is 0 Å². The minimum atomic E-state index is -0.212. The van der Waals surface area contributed by atoms with Gasteiger partial charge in [-0.3, -0.25) is 14.2 Å². The molecule has 0 saturated carbocycles. The Morgan fingerprint density at radius 1 is 1.36 bits per heavy atom. The highest BCUT2D eigenvalue weighted by Gasteiger charge is 2.10. The van der Waals surface area contributed by atoms with Crippen LogP contribution in [0.1, 0.15) is 17.4 Å². The van der Waals surface area contributed by atoms with Gasteiger partial charge in [-0.15, -0.1) is 11.3 Å². The molecule has 0 spiro atoms. The molecule has 0 radical (unpaired) electrons. The van der Waals surface area contributed by atoms with Gasteiger partial charge in [-0.25, -0.2) is 4.98 Å². The molecule has 3 rings (SSSR count). The molecule has 0 aliphatic carbocycles. The van der Waals surface area contributed by atoms with E-state index in [1.165, 1.54) is 22.2 Å². The van der Waals surface area contributed by atoms with Crippen LogP contribution in [0, 0.1) is 0 Å². The highest BCUT2D eigenvalue weighted by molar-refractivity contribution is 7.18. The monoisotopic (exact) mass is 375 g/mol. The van der Waals surface area contributed by atoms with Crippen LogP contribution >= 0.6 is 22.9 Å². The Morgan fingerprint density at radius 2 is 2.20 bits per heavy atom. The smallest absolute Gasteiger partial charge is 0.262 e. The van der Waals surface area contributed by atoms with Crippen molar-refractivity contribution in [3.05, 3.63) is 62.5 Å². The zero-order chi connectivity index (χ0) is 17.8. The zero-order valence-electron chi connectivity index (χ0n) is 13.8. The number of amides is 1. The number of rotatable bonds is 6. The van der Waals surface area contributed by atoms with E-state index in [4.69, 9.17) is 11.6 Å². The third kappa shape index (κ3) is 4.27. The highest BCUT2D eigenvalue weighted by atomic mass is 35.5. The topological polar surface area (TPSA) is 64.0 Å². The van der Waals surface area contributed by atoms with Crippen molar-refractivity contribution in [1.82, 2.24) is 14.9 Å². The average Bonchev–Trinajstić information content (AvgIpc) is 3.02. The second-order valence-corrected chi connectivity index (χ2v) is 7.24. The maximum atomic E-state index is 12.5. The standard InChI is InChI=1S/C18H18ClN3O2S/c1-2-14-9-15-17(25-14)21-11-22(18(15)24)10-16(23)20-7-6-12-4-3-5-13(19)8-12/h3-5,8-9,11H,2,6-7,10H2,1H3,(H,20,23). The molecule has 0 aliphatic heterocycles. The number of nitrogens with zero attached hydrogens (tertiary/aromatic N) is 2. The van der Waals surface area contributed by atoms with Crippen molar-refractivity contribution in [2.75, 3.05) is 6.54 Å². The van der Waals surface area contributed by atoms with E-state index in [1.807, 2.05) is 37.3 Å². The minimum absolute atomic E-state index is 0.0331. The first-order valence-corrected chi connectivity index (χ1v) is 9.25. The number of fused-ring (bicyclic) bond motifs is 1. The third-order valence-corrected chi connectivity index (χ3v) is 5.28. The number of benzene rings is 1. The first-order chi connectivity index (χ1) is 12.1. The van der Waals surface area contributed by atoms with Gasteiger partial charge >= 0.3 is 0 Å². The van der Waals surface area contributed by atoms with Gasteiger partial charge in [-0.2, -0.15) is 0 Å². The fourth-order valence-corrected chi connectivity index (χ4v) is 3.68. The van der Waals surface area contributed by atoms with Crippen LogP contribution in [-0.2, 0) is 24.2 Å². The summed E-state index contributed by atoms with van der Waals surface area (Å²) in [6.45, 7) is 2.49. The van der Waals surface area contributed by atoms with E-state index in [0.717, 1.165) is 21.7 Å². The van der Waals surface area contributed by atoms with E-state index in [1.54, 1.807) is 0 Å². The lowest BCUT2D eigenvalue weighted by Crippen LogP contribution is -2.33. The molecule has 0 fully saturated rings. The fourth-order valence-electron chi connectivity index (χ4n) is 2.55. The Labute approximate surface area is 154 Å². The molecule has 3 aromatic rings. The molecule has 1 amide bonds. The van der Waals surface area contributed by atoms with Gasteiger partial charge in [0, 0.05) is 16.4 Å². The van der Waals surface area contributed by atoms with Crippen molar-refractivity contribution in [1.29, 1.82) is 0 Å². The fraction of sp³-hybridized carbons (Fsp3) is 0.278. The number of carbonyl (C=O) groups excluding carboxylic acids is 1. The van der Waals surface area contributed by atoms with E-state index in [-0.39, 0.29) is 18.0 Å². The lowest BCUT2D eigenvalue weighted by molar-refractivity contribution is -0.121. The van der Waals surface area contributed by atoms with Gasteiger partial charge < -0.3 is 5.32 Å². The summed E-state index contributed by atoms with van der Waals surface area (Å²) in [5.41, 5.74) is 0.879. The van der Waals surface area contributed by atoms with Crippen LogP contribution in [-0.4, -0.2) is 22.0 Å². The van der Waals surface area contributed by atoms with E-state index in [2.05, 4.69) is 10.3 Å². The molecule has 7 heteroatoms. The molecular weight excluding hydrogens is 358 g/mol. The molecule has 0 bridgehead atoms. The van der Waals surface area contributed by atoms with Gasteiger partial charge in [0.15, 0.2) is 0 Å². The normalized spacial score (nSPS) is 11.0. The van der Waals surface area contributed by atoms with Gasteiger partial charge in [-0.1, -0.05) is 30.7 Å². The van der Waals surface area contributed by atoms with Crippen LogP contribution in [0.4, 0.5) is 0 Å². The van der Waals surface area contributed by atoms with Crippen LogP contribution in [0.25, 0.3) is 10.2 Å². The quantitative estimate of drug-likeness (QED) is 0.720. The molecular formula is C18H18ClN3O2S. The van der Waals surface area contributed by atoms with Crippen molar-refractivity contribution >= 4 is 39.1 Å². The predicted molar refractivity (Wildman–Crippen MR) is 101 cm³/mol. The number of halogens is 1. The summed E-state index contributed by atoms with van der Waals surface area (Å²) in [5.74, 6) is -0.212. The number of thiophene rings is 1. The summed E-state index contributed by atoms with van der Waals surface area (Å²) in [4.78, 5) is 30.7. The van der Waals surface area contributed by atoms with Crippen LogP contribution in [0.2, 0.25) is 5.02 Å². The maximum Gasteiger partial charge on any atom is 0.262 e. The Hall–Kier alpha value is -2.18. The summed E-state index contributed by atoms with van der Waals surface area (Å²) in [5, 5.41) is 4.08. The van der Waals surface area contributed by atoms with Crippen LogP contribution in [0.15, 0.2) is 41.5 Å². The second-order valence-electron chi connectivity index (χ2n) is 5.69. The molecule has 2 heterocycles. The van der Waals surface area contributed by atoms with Crippen molar-refractivity contribution in [2.45, 2.75) is 26.3 Å². The maximum absolute atomic E-state index is 12.5. The number of hydrogen-bond acceptors (Lipinski definition) is 4. The minimum Gasteiger partial charge on any atom is -0.354 e. The van der Waals surface area contributed by atoms with Crippen molar-refractivity contribution < 1.29 is 4.79 Å². The van der Waals surface area contributed by atoms with Gasteiger partial charge in [0.1, 0.15) is 11.4 Å². The Morgan fingerprint density at radius 3 is 2.96 bits per heavy atom. The lowest BCUT2D eigenvalue weighted by atomic mass is 10.1. The number of aryl methyl sites for hydroxylation is 1. The summed E-state index contributed by atoms with van der Waals surface area (Å²) >= 11 is 7.46. The zero-order valence-corrected chi connectivity index (χ0v) is 15.4. The molecule has 2 aromatic heterocycles. The Balaban J connectivity index is 1.62. The van der Waals surface area contributed by atoms with Crippen LogP contribution in [0.3, 0.4) is 0 Å². The largest absolute Gasteiger partial charge is 0.354 e. The van der Waals surface area contributed by atoms with E-state index in [0.29, 0.717) is 23.4 Å². The lowest BCUT2D eigenvalue weighted by Gasteiger charge is -2.07. The molecule has 0 saturated heterocycles. The molecule has 130 valence electrons. The van der Waals surface area contributed by atoms with Gasteiger partial charge in [-0.05, 0) is 36.6 Å². The van der Waals surface area contributed by atoms with E-state index < -0.39 is 0 Å². The number of aromatic nitrogens is 2. The number of nitrogens with one attached hydrogen (secondary N) is 1. The molecule has 25 heavy (non-hydrogen) atoms. The van der Waals surface area contributed by atoms with Crippen molar-refractivity contribution in [3.8, 4) is 0 Å². The first kappa shape index (κ1) is 17.6. The summed E-state index contributed by atoms with van der Waals surface area (Å²) in [6, 6.07) is 9.39. The number of carbonyl (C=O) groups is 1. The van der Waals surface area contributed by atoms with Crippen molar-refractivity contribution in [2.24, 2.45) is 0 Å². The van der Waals surface area contributed by atoms with Gasteiger partial charge in [0.25, 0.3) is 5.56 Å². The molecule has 1 aromatic carbocycles. The second kappa shape index (κ2) is 7.80. The molecule has 1 N–H and O–H groups in total. The SMILES string of the molecule is CCc1cc2c(=O)n(CC(=O)NCCc3cccc(Cl)c3)cnc2s1. The van der Waals surface area contributed by atoms with E-state index >= 15 is 0 Å². The molecule has 0 unspecified atom stereocenters. The third-order valence-electron chi connectivity index (χ3n) is 3.86. The molecule has 5 nitrogen and oxygen atoms in total. The Kier molecular flexibility index (Phi) is 5.50. The summed E-state index contributed by atoms with van der Waals surface area (Å²) in [7, 11) is 0. The summed E-state index contributed by atoms with van der Waals surface area (Å²) < 4.78 is 1.35. The Bertz CT molecular complexity index is 964. The molecule has 0 atom stereocenters. The van der Waals surface area contributed by atoms with Crippen LogP contribution < -0.4 is 10.9 Å². The molecule has 0 aliphatic rings. The van der Waals surface area contributed by atoms with E-state index in [9.17, 15) is 9.59 Å². The number of hydrogen-bond donors (Lipinski definition) is 1.